The van der Waals surface area contributed by atoms with E-state index in [4.69, 9.17) is 0 Å². The molecular formula is C19H29N3O3. The number of urea groups is 1. The van der Waals surface area contributed by atoms with Gasteiger partial charge in [0.05, 0.1) is 5.60 Å². The van der Waals surface area contributed by atoms with Gasteiger partial charge in [-0.05, 0) is 50.3 Å². The molecule has 25 heavy (non-hydrogen) atoms. The van der Waals surface area contributed by atoms with E-state index in [1.54, 1.807) is 6.92 Å². The third-order valence-electron chi connectivity index (χ3n) is 4.66. The Morgan fingerprint density at radius 1 is 1.20 bits per heavy atom. The highest BCUT2D eigenvalue weighted by Crippen LogP contribution is 2.14. The summed E-state index contributed by atoms with van der Waals surface area (Å²) in [6.07, 6.45) is 3.88. The Labute approximate surface area is 149 Å². The first-order chi connectivity index (χ1) is 11.9. The molecule has 1 atom stereocenters. The number of rotatable bonds is 6. The van der Waals surface area contributed by atoms with Crippen LogP contribution >= 0.6 is 0 Å². The lowest BCUT2D eigenvalue weighted by Gasteiger charge is -2.26. The Kier molecular flexibility index (Phi) is 6.82. The van der Waals surface area contributed by atoms with E-state index in [1.165, 1.54) is 6.42 Å². The van der Waals surface area contributed by atoms with Crippen LogP contribution in [0.5, 0.6) is 0 Å². The van der Waals surface area contributed by atoms with E-state index in [2.05, 4.69) is 10.6 Å². The smallest absolute Gasteiger partial charge is 0.315 e. The second-order valence-corrected chi connectivity index (χ2v) is 6.94. The van der Waals surface area contributed by atoms with Crippen molar-refractivity contribution < 1.29 is 14.7 Å². The molecule has 1 saturated heterocycles. The van der Waals surface area contributed by atoms with Gasteiger partial charge in [-0.15, -0.1) is 0 Å². The standard InChI is InChI=1S/C19H29N3O3/c1-3-19(2,25)14-21-18(24)20-13-15-8-7-9-16(12-15)17(23)22-10-5-4-6-11-22/h7-9,12,25H,3-6,10-11,13-14H2,1-2H3,(H2,20,21,24). The summed E-state index contributed by atoms with van der Waals surface area (Å²) >= 11 is 0. The predicted octanol–water partition coefficient (Wildman–Crippen LogP) is 2.27. The minimum Gasteiger partial charge on any atom is -0.388 e. The quantitative estimate of drug-likeness (QED) is 0.738. The van der Waals surface area contributed by atoms with Crippen LogP contribution in [0, 0.1) is 0 Å². The Morgan fingerprint density at radius 2 is 1.92 bits per heavy atom. The molecule has 1 aromatic carbocycles. The summed E-state index contributed by atoms with van der Waals surface area (Å²) in [4.78, 5) is 26.3. The molecule has 0 radical (unpaired) electrons. The molecule has 6 heteroatoms. The maximum Gasteiger partial charge on any atom is 0.315 e. The van der Waals surface area contributed by atoms with Crippen LogP contribution in [-0.2, 0) is 6.54 Å². The summed E-state index contributed by atoms with van der Waals surface area (Å²) in [6.45, 7) is 5.72. The number of hydrogen-bond donors (Lipinski definition) is 3. The summed E-state index contributed by atoms with van der Waals surface area (Å²) in [7, 11) is 0. The molecule has 1 heterocycles. The van der Waals surface area contributed by atoms with Gasteiger partial charge in [0.25, 0.3) is 5.91 Å². The van der Waals surface area contributed by atoms with Crippen molar-refractivity contribution in [2.24, 2.45) is 0 Å². The number of carbonyl (C=O) groups excluding carboxylic acids is 2. The average molecular weight is 347 g/mol. The minimum absolute atomic E-state index is 0.0602. The van der Waals surface area contributed by atoms with Gasteiger partial charge in [0.15, 0.2) is 0 Å². The first-order valence-corrected chi connectivity index (χ1v) is 9.03. The largest absolute Gasteiger partial charge is 0.388 e. The van der Waals surface area contributed by atoms with Crippen LogP contribution in [0.4, 0.5) is 4.79 Å². The molecule has 0 saturated carbocycles. The number of nitrogens with zero attached hydrogens (tertiary/aromatic N) is 1. The summed E-state index contributed by atoms with van der Waals surface area (Å²) in [5.41, 5.74) is 0.633. The predicted molar refractivity (Wildman–Crippen MR) is 97.3 cm³/mol. The SMILES string of the molecule is CCC(C)(O)CNC(=O)NCc1cccc(C(=O)N2CCCCC2)c1. The van der Waals surface area contributed by atoms with Gasteiger partial charge in [0, 0.05) is 31.7 Å². The molecule has 1 fully saturated rings. The van der Waals surface area contributed by atoms with E-state index >= 15 is 0 Å². The monoisotopic (exact) mass is 347 g/mol. The van der Waals surface area contributed by atoms with Crippen molar-refractivity contribution in [1.82, 2.24) is 15.5 Å². The van der Waals surface area contributed by atoms with Crippen LogP contribution in [0.1, 0.15) is 55.5 Å². The molecule has 1 aliphatic heterocycles. The highest BCUT2D eigenvalue weighted by atomic mass is 16.3. The summed E-state index contributed by atoms with van der Waals surface area (Å²) < 4.78 is 0. The number of aliphatic hydroxyl groups is 1. The van der Waals surface area contributed by atoms with Gasteiger partial charge in [0.2, 0.25) is 0 Å². The number of piperidine rings is 1. The molecule has 3 amide bonds. The first kappa shape index (κ1) is 19.2. The minimum atomic E-state index is -0.905. The Balaban J connectivity index is 1.86. The molecule has 0 bridgehead atoms. The van der Waals surface area contributed by atoms with E-state index in [1.807, 2.05) is 36.1 Å². The Morgan fingerprint density at radius 3 is 2.60 bits per heavy atom. The van der Waals surface area contributed by atoms with Crippen molar-refractivity contribution >= 4 is 11.9 Å². The third-order valence-corrected chi connectivity index (χ3v) is 4.66. The third kappa shape index (κ3) is 6.05. The highest BCUT2D eigenvalue weighted by molar-refractivity contribution is 5.94. The van der Waals surface area contributed by atoms with E-state index in [-0.39, 0.29) is 18.5 Å². The van der Waals surface area contributed by atoms with Crippen LogP contribution in [-0.4, -0.2) is 47.2 Å². The lowest BCUT2D eigenvalue weighted by atomic mass is 10.0. The van der Waals surface area contributed by atoms with Crippen molar-refractivity contribution in [1.29, 1.82) is 0 Å². The highest BCUT2D eigenvalue weighted by Gasteiger charge is 2.19. The molecule has 1 aromatic rings. The fraction of sp³-hybridized carbons (Fsp3) is 0.579. The maximum atomic E-state index is 12.5. The summed E-state index contributed by atoms with van der Waals surface area (Å²) in [5.74, 6) is 0.0602. The van der Waals surface area contributed by atoms with Crippen LogP contribution in [0.25, 0.3) is 0 Å². The molecule has 6 nitrogen and oxygen atoms in total. The normalized spacial score (nSPS) is 16.8. The molecule has 1 aliphatic rings. The average Bonchev–Trinajstić information content (AvgIpc) is 2.65. The Hall–Kier alpha value is -2.08. The van der Waals surface area contributed by atoms with Gasteiger partial charge in [-0.1, -0.05) is 19.1 Å². The molecule has 0 aromatic heterocycles. The second-order valence-electron chi connectivity index (χ2n) is 6.94. The summed E-state index contributed by atoms with van der Waals surface area (Å²) in [6, 6.07) is 7.04. The second kappa shape index (κ2) is 8.85. The zero-order valence-electron chi connectivity index (χ0n) is 15.2. The van der Waals surface area contributed by atoms with Crippen molar-refractivity contribution in [3.8, 4) is 0 Å². The number of likely N-dealkylation sites (tertiary alicyclic amines) is 1. The van der Waals surface area contributed by atoms with Crippen molar-refractivity contribution in [3.63, 3.8) is 0 Å². The molecule has 138 valence electrons. The molecule has 0 aliphatic carbocycles. The van der Waals surface area contributed by atoms with Gasteiger partial charge in [-0.25, -0.2) is 4.79 Å². The number of amides is 3. The topological polar surface area (TPSA) is 81.7 Å². The van der Waals surface area contributed by atoms with Crippen molar-refractivity contribution in [2.45, 2.75) is 51.7 Å². The van der Waals surface area contributed by atoms with E-state index in [0.717, 1.165) is 31.5 Å². The van der Waals surface area contributed by atoms with E-state index in [0.29, 0.717) is 18.5 Å². The van der Waals surface area contributed by atoms with Gasteiger partial charge in [-0.3, -0.25) is 4.79 Å². The van der Waals surface area contributed by atoms with E-state index < -0.39 is 5.60 Å². The molecular weight excluding hydrogens is 318 g/mol. The lowest BCUT2D eigenvalue weighted by molar-refractivity contribution is 0.0581. The van der Waals surface area contributed by atoms with E-state index in [9.17, 15) is 14.7 Å². The van der Waals surface area contributed by atoms with Crippen LogP contribution in [0.3, 0.4) is 0 Å². The number of hydrogen-bond acceptors (Lipinski definition) is 3. The number of carbonyl (C=O) groups is 2. The van der Waals surface area contributed by atoms with Crippen molar-refractivity contribution in [2.75, 3.05) is 19.6 Å². The Bertz CT molecular complexity index is 595. The van der Waals surface area contributed by atoms with Crippen molar-refractivity contribution in [3.05, 3.63) is 35.4 Å². The fourth-order valence-electron chi connectivity index (χ4n) is 2.73. The molecule has 1 unspecified atom stereocenters. The number of benzene rings is 1. The van der Waals surface area contributed by atoms with Crippen LogP contribution in [0.2, 0.25) is 0 Å². The fourth-order valence-corrected chi connectivity index (χ4v) is 2.73. The van der Waals surface area contributed by atoms with Gasteiger partial charge >= 0.3 is 6.03 Å². The van der Waals surface area contributed by atoms with Gasteiger partial charge < -0.3 is 20.6 Å². The summed E-state index contributed by atoms with van der Waals surface area (Å²) in [5, 5.41) is 15.3. The maximum absolute atomic E-state index is 12.5. The first-order valence-electron chi connectivity index (χ1n) is 9.03. The number of nitrogens with one attached hydrogen (secondary N) is 2. The lowest BCUT2D eigenvalue weighted by Crippen LogP contribution is -2.44. The molecule has 0 spiro atoms. The van der Waals surface area contributed by atoms with Gasteiger partial charge in [0.1, 0.15) is 0 Å². The molecule has 2 rings (SSSR count). The van der Waals surface area contributed by atoms with Crippen LogP contribution in [0.15, 0.2) is 24.3 Å². The zero-order valence-corrected chi connectivity index (χ0v) is 15.2. The van der Waals surface area contributed by atoms with Gasteiger partial charge in [-0.2, -0.15) is 0 Å². The molecule has 3 N–H and O–H groups in total. The zero-order chi connectivity index (χ0) is 18.3. The van der Waals surface area contributed by atoms with Crippen LogP contribution < -0.4 is 10.6 Å².